The van der Waals surface area contributed by atoms with Crippen LogP contribution in [0.3, 0.4) is 0 Å². The Balaban J connectivity index is 2.44. The van der Waals surface area contributed by atoms with Gasteiger partial charge in [0, 0.05) is 25.7 Å². The van der Waals surface area contributed by atoms with Crippen LogP contribution in [-0.2, 0) is 0 Å². The van der Waals surface area contributed by atoms with Gasteiger partial charge in [-0.2, -0.15) is 0 Å². The summed E-state index contributed by atoms with van der Waals surface area (Å²) in [6.07, 6.45) is 2.41. The summed E-state index contributed by atoms with van der Waals surface area (Å²) in [5, 5.41) is 9.74. The van der Waals surface area contributed by atoms with E-state index in [0.29, 0.717) is 0 Å². The van der Waals surface area contributed by atoms with Crippen LogP contribution in [0.4, 0.5) is 11.6 Å². The Morgan fingerprint density at radius 2 is 1.68 bits per heavy atom. The monoisotopic (exact) mass is 265 g/mol. The summed E-state index contributed by atoms with van der Waals surface area (Å²) in [4.78, 5) is 8.77. The van der Waals surface area contributed by atoms with E-state index in [1.165, 1.54) is 12.8 Å². The summed E-state index contributed by atoms with van der Waals surface area (Å²) in [7, 11) is 1.94. The van der Waals surface area contributed by atoms with E-state index in [-0.39, 0.29) is 0 Å². The molecule has 0 fully saturated rings. The molecular formula is C14H27N5. The number of aromatic nitrogens is 2. The van der Waals surface area contributed by atoms with Crippen LogP contribution in [-0.4, -0.2) is 36.6 Å². The molecule has 108 valence electrons. The fourth-order valence-corrected chi connectivity index (χ4v) is 1.79. The van der Waals surface area contributed by atoms with Crippen molar-refractivity contribution in [1.82, 2.24) is 15.3 Å². The average Bonchev–Trinajstić information content (AvgIpc) is 2.34. The first-order valence-electron chi connectivity index (χ1n) is 7.10. The van der Waals surface area contributed by atoms with Gasteiger partial charge in [0.15, 0.2) is 0 Å². The highest BCUT2D eigenvalue weighted by Crippen LogP contribution is 2.11. The third-order valence-corrected chi connectivity index (χ3v) is 2.78. The fourth-order valence-electron chi connectivity index (χ4n) is 1.79. The molecule has 0 saturated carbocycles. The van der Waals surface area contributed by atoms with Gasteiger partial charge < -0.3 is 16.0 Å². The smallest absolute Gasteiger partial charge is 0.131 e. The molecule has 5 heteroatoms. The number of aryl methyl sites for hydroxylation is 1. The molecule has 0 atom stereocenters. The summed E-state index contributed by atoms with van der Waals surface area (Å²) in [6, 6.07) is 1.97. The van der Waals surface area contributed by atoms with Crippen molar-refractivity contribution in [2.75, 3.05) is 37.3 Å². The van der Waals surface area contributed by atoms with Gasteiger partial charge >= 0.3 is 0 Å². The number of hydrogen-bond acceptors (Lipinski definition) is 5. The molecule has 1 rings (SSSR count). The van der Waals surface area contributed by atoms with Crippen molar-refractivity contribution in [3.05, 3.63) is 11.9 Å². The normalized spacial score (nSPS) is 10.8. The highest BCUT2D eigenvalue weighted by Gasteiger charge is 2.01. The highest BCUT2D eigenvalue weighted by molar-refractivity contribution is 5.47. The average molecular weight is 265 g/mol. The Labute approximate surface area is 116 Å². The molecule has 0 amide bonds. The summed E-state index contributed by atoms with van der Waals surface area (Å²) < 4.78 is 0. The minimum atomic E-state index is 0.757. The largest absolute Gasteiger partial charge is 0.370 e. The second-order valence-electron chi connectivity index (χ2n) is 5.18. The van der Waals surface area contributed by atoms with E-state index in [1.807, 2.05) is 20.0 Å². The zero-order chi connectivity index (χ0) is 14.1. The molecule has 0 saturated heterocycles. The number of nitrogens with zero attached hydrogens (tertiary/aromatic N) is 2. The molecule has 0 aromatic carbocycles. The predicted molar refractivity (Wildman–Crippen MR) is 81.7 cm³/mol. The minimum Gasteiger partial charge on any atom is -0.370 e. The lowest BCUT2D eigenvalue weighted by Crippen LogP contribution is -2.18. The van der Waals surface area contributed by atoms with E-state index in [1.54, 1.807) is 0 Å². The second kappa shape index (κ2) is 8.69. The van der Waals surface area contributed by atoms with E-state index < -0.39 is 0 Å². The number of nitrogens with one attached hydrogen (secondary N) is 3. The molecule has 0 unspecified atom stereocenters. The molecule has 19 heavy (non-hydrogen) atoms. The molecule has 5 nitrogen and oxygen atoms in total. The molecule has 0 spiro atoms. The zero-order valence-electron chi connectivity index (χ0n) is 12.6. The van der Waals surface area contributed by atoms with E-state index in [4.69, 9.17) is 0 Å². The van der Waals surface area contributed by atoms with Crippen molar-refractivity contribution in [3.63, 3.8) is 0 Å². The lowest BCUT2D eigenvalue weighted by molar-refractivity contribution is 0.566. The van der Waals surface area contributed by atoms with Gasteiger partial charge in [-0.05, 0) is 32.7 Å². The lowest BCUT2D eigenvalue weighted by Gasteiger charge is -2.10. The number of rotatable bonds is 9. The van der Waals surface area contributed by atoms with Crippen LogP contribution in [0.15, 0.2) is 6.07 Å². The molecule has 0 bridgehead atoms. The molecule has 1 aromatic rings. The second-order valence-corrected chi connectivity index (χ2v) is 5.18. The molecule has 0 aliphatic heterocycles. The number of anilines is 2. The van der Waals surface area contributed by atoms with Gasteiger partial charge in [-0.15, -0.1) is 0 Å². The zero-order valence-corrected chi connectivity index (χ0v) is 12.6. The maximum absolute atomic E-state index is 4.40. The van der Waals surface area contributed by atoms with Crippen molar-refractivity contribution in [2.24, 2.45) is 5.92 Å². The Hall–Kier alpha value is -1.36. The third-order valence-electron chi connectivity index (χ3n) is 2.78. The van der Waals surface area contributed by atoms with Gasteiger partial charge in [-0.3, -0.25) is 0 Å². The van der Waals surface area contributed by atoms with Crippen molar-refractivity contribution in [2.45, 2.75) is 33.6 Å². The lowest BCUT2D eigenvalue weighted by atomic mass is 10.1. The van der Waals surface area contributed by atoms with Crippen molar-refractivity contribution in [1.29, 1.82) is 0 Å². The number of likely N-dealkylation sites (N-methyl/N-ethyl adjacent to an activating group) is 1. The molecule has 3 N–H and O–H groups in total. The topological polar surface area (TPSA) is 61.9 Å². The fraction of sp³-hybridized carbons (Fsp3) is 0.714. The Bertz CT molecular complexity index is 365. The van der Waals surface area contributed by atoms with Gasteiger partial charge in [-0.25, -0.2) is 9.97 Å². The van der Waals surface area contributed by atoms with Crippen LogP contribution in [0, 0.1) is 12.8 Å². The first-order chi connectivity index (χ1) is 9.11. The van der Waals surface area contributed by atoms with E-state index >= 15 is 0 Å². The molecular weight excluding hydrogens is 238 g/mol. The molecule has 1 aromatic heterocycles. The summed E-state index contributed by atoms with van der Waals surface area (Å²) in [6.45, 7) is 9.16. The Morgan fingerprint density at radius 1 is 1.05 bits per heavy atom. The summed E-state index contributed by atoms with van der Waals surface area (Å²) >= 11 is 0. The van der Waals surface area contributed by atoms with Gasteiger partial charge in [0.25, 0.3) is 0 Å². The van der Waals surface area contributed by atoms with Crippen LogP contribution in [0.5, 0.6) is 0 Å². The van der Waals surface area contributed by atoms with Crippen molar-refractivity contribution >= 4 is 11.6 Å². The molecule has 0 aliphatic rings. The van der Waals surface area contributed by atoms with Gasteiger partial charge in [0.2, 0.25) is 0 Å². The third kappa shape index (κ3) is 6.96. The SMILES string of the molecule is CNCCNc1cc(NCCCC(C)C)nc(C)n1. The van der Waals surface area contributed by atoms with Gasteiger partial charge in [-0.1, -0.05) is 13.8 Å². The van der Waals surface area contributed by atoms with Crippen LogP contribution in [0.2, 0.25) is 0 Å². The molecule has 1 heterocycles. The predicted octanol–water partition coefficient (Wildman–Crippen LogP) is 2.26. The maximum atomic E-state index is 4.40. The first-order valence-corrected chi connectivity index (χ1v) is 7.10. The van der Waals surface area contributed by atoms with Gasteiger partial charge in [0.05, 0.1) is 0 Å². The van der Waals surface area contributed by atoms with Crippen LogP contribution < -0.4 is 16.0 Å². The van der Waals surface area contributed by atoms with E-state index in [0.717, 1.165) is 43.0 Å². The Morgan fingerprint density at radius 3 is 2.26 bits per heavy atom. The summed E-state index contributed by atoms with van der Waals surface area (Å²) in [5.74, 6) is 3.34. The maximum Gasteiger partial charge on any atom is 0.131 e. The standard InChI is InChI=1S/C14H27N5/c1-11(2)6-5-7-16-13-10-14(17-9-8-15-4)19-12(3)18-13/h10-11,15H,5-9H2,1-4H3,(H2,16,17,18,19). The highest BCUT2D eigenvalue weighted by atomic mass is 15.1. The summed E-state index contributed by atoms with van der Waals surface area (Å²) in [5.41, 5.74) is 0. The Kier molecular flexibility index (Phi) is 7.18. The number of hydrogen-bond donors (Lipinski definition) is 3. The van der Waals surface area contributed by atoms with Crippen LogP contribution in [0.25, 0.3) is 0 Å². The van der Waals surface area contributed by atoms with E-state index in [9.17, 15) is 0 Å². The van der Waals surface area contributed by atoms with Crippen LogP contribution in [0.1, 0.15) is 32.5 Å². The van der Waals surface area contributed by atoms with E-state index in [2.05, 4.69) is 39.8 Å². The first kappa shape index (κ1) is 15.7. The van der Waals surface area contributed by atoms with Crippen molar-refractivity contribution < 1.29 is 0 Å². The van der Waals surface area contributed by atoms with Crippen LogP contribution >= 0.6 is 0 Å². The van der Waals surface area contributed by atoms with Gasteiger partial charge in [0.1, 0.15) is 17.5 Å². The minimum absolute atomic E-state index is 0.757. The molecule has 0 radical (unpaired) electrons. The van der Waals surface area contributed by atoms with Crippen molar-refractivity contribution in [3.8, 4) is 0 Å². The molecule has 0 aliphatic carbocycles. The quantitative estimate of drug-likeness (QED) is 0.598.